The van der Waals surface area contributed by atoms with Gasteiger partial charge in [-0.3, -0.25) is 9.36 Å². The molecule has 49 heavy (non-hydrogen) atoms. The lowest BCUT2D eigenvalue weighted by atomic mass is 10.1. The second-order valence-corrected chi connectivity index (χ2v) is 16.4. The molecule has 0 saturated heterocycles. The Morgan fingerprint density at radius 1 is 0.694 bits per heavy atom. The molecule has 2 N–H and O–H groups in total. The maximum absolute atomic E-state index is 12.8. The third kappa shape index (κ3) is 35.2. The minimum atomic E-state index is -4.58. The second kappa shape index (κ2) is 32.9. The van der Waals surface area contributed by atoms with Crippen molar-refractivity contribution in [3.8, 4) is 0 Å². The summed E-state index contributed by atoms with van der Waals surface area (Å²) in [4.78, 5) is 25.2. The van der Waals surface area contributed by atoms with Crippen molar-refractivity contribution in [1.82, 2.24) is 5.32 Å². The van der Waals surface area contributed by atoms with E-state index < -0.39 is 20.0 Å². The Labute approximate surface area is 303 Å². The van der Waals surface area contributed by atoms with E-state index in [4.69, 9.17) is 9.05 Å². The molecule has 8 nitrogen and oxygen atoms in total. The number of amides is 1. The van der Waals surface area contributed by atoms with E-state index in [9.17, 15) is 19.4 Å². The van der Waals surface area contributed by atoms with Gasteiger partial charge in [0.25, 0.3) is 7.82 Å². The third-order valence-corrected chi connectivity index (χ3v) is 9.87. The molecule has 0 rings (SSSR count). The fraction of sp³-hybridized carbons (Fsp3) is 0.875. The lowest BCUT2D eigenvalue weighted by Gasteiger charge is -2.29. The number of likely N-dealkylation sites (N-methyl/N-ethyl adjacent to an activating group) is 1. The van der Waals surface area contributed by atoms with Crippen LogP contribution in [0.1, 0.15) is 174 Å². The summed E-state index contributed by atoms with van der Waals surface area (Å²) in [5.74, 6) is -0.208. The number of hydrogen-bond donors (Lipinski definition) is 2. The van der Waals surface area contributed by atoms with Gasteiger partial charge in [-0.25, -0.2) is 0 Å². The molecule has 0 fully saturated rings. The molecule has 0 radical (unpaired) electrons. The molecule has 1 amide bonds. The quantitative estimate of drug-likeness (QED) is 0.0290. The van der Waals surface area contributed by atoms with Crippen LogP contribution in [0.3, 0.4) is 0 Å². The average molecular weight is 715 g/mol. The zero-order chi connectivity index (χ0) is 36.5. The summed E-state index contributed by atoms with van der Waals surface area (Å²) in [6, 6.07) is -0.885. The number of phosphoric ester groups is 1. The Morgan fingerprint density at radius 3 is 1.59 bits per heavy atom. The minimum Gasteiger partial charge on any atom is -0.756 e. The van der Waals surface area contributed by atoms with Crippen LogP contribution in [0.25, 0.3) is 0 Å². The van der Waals surface area contributed by atoms with Crippen molar-refractivity contribution in [3.63, 3.8) is 0 Å². The molecule has 0 spiro atoms. The Hall–Kier alpha value is -1.02. The molecule has 0 saturated carbocycles. The van der Waals surface area contributed by atoms with Crippen LogP contribution in [-0.4, -0.2) is 68.5 Å². The zero-order valence-corrected chi connectivity index (χ0v) is 33.5. The molecule has 0 bridgehead atoms. The number of carbonyl (C=O) groups excluding carboxylic acids is 1. The van der Waals surface area contributed by atoms with Crippen LogP contribution >= 0.6 is 7.82 Å². The van der Waals surface area contributed by atoms with E-state index >= 15 is 0 Å². The maximum Gasteiger partial charge on any atom is 0.268 e. The highest BCUT2D eigenvalue weighted by Crippen LogP contribution is 2.38. The van der Waals surface area contributed by atoms with Gasteiger partial charge in [0.2, 0.25) is 5.91 Å². The lowest BCUT2D eigenvalue weighted by molar-refractivity contribution is -0.870. The number of quaternary nitrogens is 1. The number of carbonyl (C=O) groups is 1. The third-order valence-electron chi connectivity index (χ3n) is 8.91. The highest BCUT2D eigenvalue weighted by Gasteiger charge is 2.23. The van der Waals surface area contributed by atoms with E-state index in [0.29, 0.717) is 17.4 Å². The topological polar surface area (TPSA) is 108 Å². The molecule has 3 unspecified atom stereocenters. The number of aliphatic hydroxyl groups excluding tert-OH is 1. The monoisotopic (exact) mass is 715 g/mol. The van der Waals surface area contributed by atoms with Crippen LogP contribution in [0.2, 0.25) is 0 Å². The summed E-state index contributed by atoms with van der Waals surface area (Å²) in [7, 11) is 1.25. The Morgan fingerprint density at radius 2 is 1.12 bits per heavy atom. The van der Waals surface area contributed by atoms with Gasteiger partial charge >= 0.3 is 0 Å². The van der Waals surface area contributed by atoms with Crippen LogP contribution in [0, 0.1) is 0 Å². The number of phosphoric acid groups is 1. The number of unbranched alkanes of at least 4 members (excludes halogenated alkanes) is 21. The van der Waals surface area contributed by atoms with E-state index in [1.54, 1.807) is 6.08 Å². The summed E-state index contributed by atoms with van der Waals surface area (Å²) < 4.78 is 23.1. The van der Waals surface area contributed by atoms with Crippen LogP contribution in [-0.2, 0) is 18.4 Å². The molecule has 3 atom stereocenters. The summed E-state index contributed by atoms with van der Waals surface area (Å²) in [6.45, 7) is 4.61. The van der Waals surface area contributed by atoms with Crippen molar-refractivity contribution in [2.45, 2.75) is 187 Å². The van der Waals surface area contributed by atoms with Crippen LogP contribution in [0.15, 0.2) is 24.3 Å². The standard InChI is InChI=1S/C40H79N2O6P/c1-6-8-10-12-14-16-18-19-20-21-22-24-26-28-30-32-34-40(44)41-38(37-48-49(45,46)47-36-35-42(3,4)5)39(43)33-31-29-27-25-23-17-15-13-11-9-7-2/h20-21,31,33,38-39,43H,6-19,22-30,32,34-37H2,1-5H3,(H-,41,44,45,46)/b21-20-,33-31+. The van der Waals surface area contributed by atoms with E-state index in [2.05, 4.69) is 31.3 Å². The molecule has 0 aromatic carbocycles. The van der Waals surface area contributed by atoms with E-state index in [-0.39, 0.29) is 19.1 Å². The summed E-state index contributed by atoms with van der Waals surface area (Å²) >= 11 is 0. The molecular formula is C40H79N2O6P. The largest absolute Gasteiger partial charge is 0.756 e. The van der Waals surface area contributed by atoms with Crippen LogP contribution < -0.4 is 10.2 Å². The molecule has 0 heterocycles. The van der Waals surface area contributed by atoms with Crippen molar-refractivity contribution in [1.29, 1.82) is 0 Å². The highest BCUT2D eigenvalue weighted by molar-refractivity contribution is 7.45. The van der Waals surface area contributed by atoms with Gasteiger partial charge < -0.3 is 28.8 Å². The van der Waals surface area contributed by atoms with Gasteiger partial charge in [0, 0.05) is 6.42 Å². The van der Waals surface area contributed by atoms with Gasteiger partial charge in [-0.05, 0) is 44.9 Å². The first kappa shape index (κ1) is 48.0. The SMILES string of the molecule is CCCCCCCCC/C=C\CCCCCCCC(=O)NC(COP(=O)([O-])OCC[N+](C)(C)C)C(O)/C=C/CCCCCCCCCCC. The average Bonchev–Trinajstić information content (AvgIpc) is 3.04. The maximum atomic E-state index is 12.8. The van der Waals surface area contributed by atoms with E-state index in [1.807, 2.05) is 27.2 Å². The summed E-state index contributed by atoms with van der Waals surface area (Å²) in [5, 5.41) is 13.7. The van der Waals surface area contributed by atoms with E-state index in [0.717, 1.165) is 51.4 Å². The van der Waals surface area contributed by atoms with Crippen molar-refractivity contribution in [2.75, 3.05) is 40.9 Å². The van der Waals surface area contributed by atoms with Gasteiger partial charge in [-0.2, -0.15) is 0 Å². The number of allylic oxidation sites excluding steroid dienone is 3. The summed E-state index contributed by atoms with van der Waals surface area (Å²) in [5.41, 5.74) is 0. The van der Waals surface area contributed by atoms with Gasteiger partial charge in [0.05, 0.1) is 39.9 Å². The van der Waals surface area contributed by atoms with Crippen molar-refractivity contribution >= 4 is 13.7 Å². The molecular weight excluding hydrogens is 635 g/mol. The normalized spacial score (nSPS) is 14.8. The number of rotatable bonds is 36. The smallest absolute Gasteiger partial charge is 0.268 e. The van der Waals surface area contributed by atoms with Crippen LogP contribution in [0.5, 0.6) is 0 Å². The Balaban J connectivity index is 4.48. The zero-order valence-electron chi connectivity index (χ0n) is 32.6. The molecule has 0 aliphatic heterocycles. The summed E-state index contributed by atoms with van der Waals surface area (Å²) in [6.07, 6.45) is 36.4. The molecule has 0 aliphatic carbocycles. The molecule has 0 aromatic heterocycles. The first-order chi connectivity index (χ1) is 23.5. The van der Waals surface area contributed by atoms with Crippen LogP contribution in [0.4, 0.5) is 0 Å². The lowest BCUT2D eigenvalue weighted by Crippen LogP contribution is -2.45. The van der Waals surface area contributed by atoms with E-state index in [1.165, 1.54) is 103 Å². The first-order valence-electron chi connectivity index (χ1n) is 20.2. The predicted molar refractivity (Wildman–Crippen MR) is 205 cm³/mol. The number of nitrogens with one attached hydrogen (secondary N) is 1. The van der Waals surface area contributed by atoms with Crippen molar-refractivity contribution in [3.05, 3.63) is 24.3 Å². The van der Waals surface area contributed by atoms with Gasteiger partial charge in [-0.15, -0.1) is 0 Å². The first-order valence-corrected chi connectivity index (χ1v) is 21.7. The predicted octanol–water partition coefficient (Wildman–Crippen LogP) is 9.94. The molecule has 0 aromatic rings. The number of hydrogen-bond acceptors (Lipinski definition) is 6. The van der Waals surface area contributed by atoms with Crippen molar-refractivity contribution < 1.29 is 32.9 Å². The number of nitrogens with zero attached hydrogens (tertiary/aromatic N) is 1. The minimum absolute atomic E-state index is 0.00194. The van der Waals surface area contributed by atoms with Gasteiger partial charge in [-0.1, -0.05) is 147 Å². The second-order valence-electron chi connectivity index (χ2n) is 15.0. The Kier molecular flexibility index (Phi) is 32.2. The molecule has 0 aliphatic rings. The highest BCUT2D eigenvalue weighted by atomic mass is 31.2. The molecule has 9 heteroatoms. The Bertz CT molecular complexity index is 860. The fourth-order valence-electron chi connectivity index (χ4n) is 5.62. The number of aliphatic hydroxyl groups is 1. The fourth-order valence-corrected chi connectivity index (χ4v) is 6.34. The van der Waals surface area contributed by atoms with Gasteiger partial charge in [0.15, 0.2) is 0 Å². The van der Waals surface area contributed by atoms with Gasteiger partial charge in [0.1, 0.15) is 13.2 Å². The van der Waals surface area contributed by atoms with Crippen molar-refractivity contribution in [2.24, 2.45) is 0 Å². The molecule has 290 valence electrons.